The maximum Gasteiger partial charge on any atom is 0.418 e. The summed E-state index contributed by atoms with van der Waals surface area (Å²) in [7, 11) is 0. The Bertz CT molecular complexity index is 3300. The van der Waals surface area contributed by atoms with Gasteiger partial charge in [-0.1, -0.05) is 34.5 Å². The molecule has 3 fully saturated rings. The number of fused-ring (bicyclic) bond motifs is 1. The van der Waals surface area contributed by atoms with E-state index in [1.165, 1.54) is 22.9 Å². The smallest absolute Gasteiger partial charge is 0.418 e. The summed E-state index contributed by atoms with van der Waals surface area (Å²) in [5.41, 5.74) is -0.392. The minimum absolute atomic E-state index is 0.0341. The highest BCUT2D eigenvalue weighted by molar-refractivity contribution is 6.31. The summed E-state index contributed by atoms with van der Waals surface area (Å²) in [6.07, 6.45) is -9.81. The summed E-state index contributed by atoms with van der Waals surface area (Å²) in [5.74, 6) is -4.66. The number of benzene rings is 4. The van der Waals surface area contributed by atoms with Crippen molar-refractivity contribution in [2.75, 3.05) is 38.2 Å². The van der Waals surface area contributed by atoms with Crippen molar-refractivity contribution < 1.29 is 70.3 Å². The van der Waals surface area contributed by atoms with Gasteiger partial charge in [0.05, 0.1) is 30.7 Å². The first kappa shape index (κ1) is 53.0. The molecule has 6 heterocycles. The number of aliphatic hydroxyl groups excluding tert-OH is 2. The van der Waals surface area contributed by atoms with Crippen molar-refractivity contribution in [2.24, 2.45) is 5.92 Å². The molecule has 1 unspecified atom stereocenters. The highest BCUT2D eigenvalue weighted by Gasteiger charge is 2.51. The van der Waals surface area contributed by atoms with E-state index in [1.807, 2.05) is 0 Å². The second kappa shape index (κ2) is 21.2. The van der Waals surface area contributed by atoms with Gasteiger partial charge in [-0.2, -0.15) is 18.3 Å². The molecule has 4 aliphatic rings. The van der Waals surface area contributed by atoms with Gasteiger partial charge in [0, 0.05) is 64.9 Å². The molecule has 0 bridgehead atoms. The number of nitrogens with zero attached hydrogens (tertiary/aromatic N) is 8. The fourth-order valence-electron chi connectivity index (χ4n) is 9.71. The summed E-state index contributed by atoms with van der Waals surface area (Å²) < 4.78 is 92.9. The summed E-state index contributed by atoms with van der Waals surface area (Å²) in [6.45, 7) is 0.497. The molecule has 3 saturated heterocycles. The third-order valence-electron chi connectivity index (χ3n) is 13.6. The average Bonchev–Trinajstić information content (AvgIpc) is 4.15. The molecule has 6 aromatic rings. The zero-order valence-electron chi connectivity index (χ0n) is 40.1. The van der Waals surface area contributed by atoms with Crippen LogP contribution >= 0.6 is 23.2 Å². The van der Waals surface area contributed by atoms with Crippen LogP contribution in [0.1, 0.15) is 68.5 Å². The van der Waals surface area contributed by atoms with Crippen molar-refractivity contribution >= 4 is 58.4 Å². The standard InChI is InChI=1S/C50H43Cl2F5N10O10/c1-23-58-46(67(62-23)37-15-27(51)7-10-31(37)50(55,56)57)45-44(42(43(71)38(20-68)77-45)66-19-35(61-63-66)26-13-32(53)41(52)33(54)14-26)76-22-40(70)64-16-24(17-64)21-75-28-8-5-25(6-9-28)47(72)59-34-4-2-3-29-30(34)18-65(49(29)74)36-11-12-39(69)60-48(36)73/h2-10,13-15,19,24,36,38,42-45,68,71H,11-12,16-18,20-22H2,1H3,(H,59,72)(H,60,69,73)/t36?,38-,42+,43+,44-,45-/m1/s1. The molecule has 4 aromatic carbocycles. The number of carbonyl (C=O) groups is 5. The normalized spacial score (nSPS) is 21.7. The Morgan fingerprint density at radius 3 is 2.44 bits per heavy atom. The quantitative estimate of drug-likeness (QED) is 0.0606. The van der Waals surface area contributed by atoms with E-state index in [4.69, 9.17) is 37.4 Å². The molecule has 4 aliphatic heterocycles. The van der Waals surface area contributed by atoms with Gasteiger partial charge in [-0.15, -0.1) is 5.10 Å². The van der Waals surface area contributed by atoms with Crippen LogP contribution in [0.3, 0.4) is 0 Å². The van der Waals surface area contributed by atoms with Crippen LogP contribution in [0.25, 0.3) is 16.9 Å². The molecular formula is C50H43Cl2F5N10O10. The minimum Gasteiger partial charge on any atom is -0.493 e. The van der Waals surface area contributed by atoms with Crippen LogP contribution in [0.5, 0.6) is 5.75 Å². The highest BCUT2D eigenvalue weighted by Crippen LogP contribution is 2.43. The Hall–Kier alpha value is -7.42. The van der Waals surface area contributed by atoms with Crippen molar-refractivity contribution in [1.82, 2.24) is 44.9 Å². The Morgan fingerprint density at radius 2 is 1.74 bits per heavy atom. The van der Waals surface area contributed by atoms with E-state index in [9.17, 15) is 56.1 Å². The summed E-state index contributed by atoms with van der Waals surface area (Å²) in [5, 5.41) is 38.8. The second-order valence-electron chi connectivity index (χ2n) is 18.6. The van der Waals surface area contributed by atoms with E-state index < -0.39 is 107 Å². The molecule has 0 saturated carbocycles. The van der Waals surface area contributed by atoms with Crippen molar-refractivity contribution in [2.45, 2.75) is 69.0 Å². The van der Waals surface area contributed by atoms with E-state index in [0.29, 0.717) is 22.6 Å². The van der Waals surface area contributed by atoms with E-state index in [-0.39, 0.29) is 84.4 Å². The average molecular weight is 1110 g/mol. The second-order valence-corrected chi connectivity index (χ2v) is 19.5. The van der Waals surface area contributed by atoms with Gasteiger partial charge in [0.2, 0.25) is 17.7 Å². The monoisotopic (exact) mass is 1110 g/mol. The third-order valence-corrected chi connectivity index (χ3v) is 14.2. The van der Waals surface area contributed by atoms with Gasteiger partial charge in [0.15, 0.2) is 5.82 Å². The fraction of sp³-hybridized carbons (Fsp3) is 0.340. The lowest BCUT2D eigenvalue weighted by molar-refractivity contribution is -0.225. The molecule has 10 rings (SSSR count). The Morgan fingerprint density at radius 1 is 1.00 bits per heavy atom. The molecular weight excluding hydrogens is 1070 g/mol. The van der Waals surface area contributed by atoms with Gasteiger partial charge in [-0.3, -0.25) is 29.3 Å². The molecule has 402 valence electrons. The van der Waals surface area contributed by atoms with E-state index in [0.717, 1.165) is 39.7 Å². The lowest BCUT2D eigenvalue weighted by Crippen LogP contribution is -2.56. The van der Waals surface area contributed by atoms with Crippen molar-refractivity contribution in [3.63, 3.8) is 0 Å². The fourth-order valence-corrected chi connectivity index (χ4v) is 9.99. The van der Waals surface area contributed by atoms with Gasteiger partial charge in [0.1, 0.15) is 77.0 Å². The SMILES string of the molecule is Cc1nc([C@@H]2O[C@H](CO)[C@H](O)[C@H](n3cc(-c4cc(F)c(Cl)c(F)c4)nn3)[C@H]2OCC(=O)N2CC(COc3ccc(C(=O)Nc4cccc5c4CN(C4CCC(=O)NC4=O)C5=O)cc3)C2)n(-c2cc(Cl)ccc2C(F)(F)F)n1. The number of aromatic nitrogens is 6. The van der Waals surface area contributed by atoms with Crippen LogP contribution in [0.4, 0.5) is 27.6 Å². The molecule has 20 nitrogen and oxygen atoms in total. The first-order chi connectivity index (χ1) is 36.8. The lowest BCUT2D eigenvalue weighted by Gasteiger charge is -2.44. The topological polar surface area (TPSA) is 245 Å². The van der Waals surface area contributed by atoms with Crippen molar-refractivity contribution in [1.29, 1.82) is 0 Å². The number of piperidine rings is 1. The number of imide groups is 1. The Kier molecular flexibility index (Phi) is 14.6. The maximum absolute atomic E-state index is 14.6. The number of rotatable bonds is 14. The Balaban J connectivity index is 0.817. The Labute approximate surface area is 442 Å². The molecule has 0 radical (unpaired) electrons. The summed E-state index contributed by atoms with van der Waals surface area (Å²) in [4.78, 5) is 71.9. The third kappa shape index (κ3) is 10.6. The zero-order chi connectivity index (χ0) is 54.6. The molecule has 4 N–H and O–H groups in total. The first-order valence-corrected chi connectivity index (χ1v) is 24.5. The molecule has 27 heteroatoms. The van der Waals surface area contributed by atoms with Crippen LogP contribution in [0, 0.1) is 24.5 Å². The number of amides is 5. The number of anilines is 1. The number of carbonyl (C=O) groups excluding carboxylic acids is 5. The number of likely N-dealkylation sites (tertiary alicyclic amines) is 1. The predicted octanol–water partition coefficient (Wildman–Crippen LogP) is 5.41. The number of halogens is 7. The van der Waals surface area contributed by atoms with E-state index in [1.54, 1.807) is 42.5 Å². The minimum atomic E-state index is -4.91. The highest BCUT2D eigenvalue weighted by atomic mass is 35.5. The van der Waals surface area contributed by atoms with Crippen LogP contribution in [0.15, 0.2) is 79.0 Å². The van der Waals surface area contributed by atoms with Gasteiger partial charge in [-0.25, -0.2) is 23.1 Å². The molecule has 2 aromatic heterocycles. The number of hydrogen-bond donors (Lipinski definition) is 4. The number of hydrogen-bond acceptors (Lipinski definition) is 14. The lowest BCUT2D eigenvalue weighted by atomic mass is 9.91. The van der Waals surface area contributed by atoms with Crippen LogP contribution in [-0.4, -0.2) is 137 Å². The van der Waals surface area contributed by atoms with E-state index in [2.05, 4.69) is 31.0 Å². The molecule has 0 aliphatic carbocycles. The van der Waals surface area contributed by atoms with Crippen LogP contribution in [0.2, 0.25) is 10.0 Å². The maximum atomic E-state index is 14.6. The number of ether oxygens (including phenoxy) is 3. The molecule has 0 spiro atoms. The summed E-state index contributed by atoms with van der Waals surface area (Å²) >= 11 is 11.9. The van der Waals surface area contributed by atoms with Crippen molar-refractivity contribution in [3.05, 3.63) is 135 Å². The number of aliphatic hydroxyl groups is 2. The van der Waals surface area contributed by atoms with Gasteiger partial charge in [0.25, 0.3) is 11.8 Å². The first-order valence-electron chi connectivity index (χ1n) is 23.8. The van der Waals surface area contributed by atoms with E-state index >= 15 is 0 Å². The molecule has 77 heavy (non-hydrogen) atoms. The van der Waals surface area contributed by atoms with Gasteiger partial charge in [-0.05, 0) is 80.1 Å². The van der Waals surface area contributed by atoms with Crippen LogP contribution in [-0.2, 0) is 36.6 Å². The van der Waals surface area contributed by atoms with Crippen LogP contribution < -0.4 is 15.4 Å². The molecule has 5 amide bonds. The number of nitrogens with one attached hydrogen (secondary N) is 2. The van der Waals surface area contributed by atoms with Gasteiger partial charge >= 0.3 is 6.18 Å². The predicted molar refractivity (Wildman–Crippen MR) is 258 cm³/mol. The van der Waals surface area contributed by atoms with Crippen molar-refractivity contribution in [3.8, 4) is 22.7 Å². The zero-order valence-corrected chi connectivity index (χ0v) is 41.6. The number of alkyl halides is 3. The van der Waals surface area contributed by atoms with Gasteiger partial charge < -0.3 is 39.5 Å². The molecule has 6 atom stereocenters. The number of aryl methyl sites for hydroxylation is 1. The summed E-state index contributed by atoms with van der Waals surface area (Å²) in [6, 6.07) is 13.5. The largest absolute Gasteiger partial charge is 0.493 e.